The summed E-state index contributed by atoms with van der Waals surface area (Å²) in [5, 5.41) is 0. The highest BCUT2D eigenvalue weighted by Crippen LogP contribution is 2.23. The zero-order valence-electron chi connectivity index (χ0n) is 11.8. The van der Waals surface area contributed by atoms with Crippen molar-refractivity contribution in [1.82, 2.24) is 9.62 Å². The van der Waals surface area contributed by atoms with E-state index in [1.54, 1.807) is 26.0 Å². The summed E-state index contributed by atoms with van der Waals surface area (Å²) in [6.07, 6.45) is 0. The molecule has 7 heteroatoms. The minimum Gasteiger partial charge on any atom is -0.324 e. The molecular weight excluding hydrogens is 264 g/mol. The molecular formula is C12H22N4O2S. The third kappa shape index (κ3) is 4.17. The van der Waals surface area contributed by atoms with Crippen molar-refractivity contribution in [3.8, 4) is 0 Å². The molecule has 4 N–H and O–H groups in total. The van der Waals surface area contributed by atoms with Gasteiger partial charge in [-0.05, 0) is 51.2 Å². The molecule has 0 aromatic heterocycles. The second-order valence-corrected chi connectivity index (χ2v) is 6.49. The maximum atomic E-state index is 12.3. The van der Waals surface area contributed by atoms with Crippen LogP contribution in [0.5, 0.6) is 0 Å². The SMILES string of the molecule is Cc1cc(NN)cc(C)c1S(=O)(=O)NCCN(C)C. The first-order valence-electron chi connectivity index (χ1n) is 6.00. The van der Waals surface area contributed by atoms with Crippen LogP contribution < -0.4 is 16.0 Å². The smallest absolute Gasteiger partial charge is 0.241 e. The van der Waals surface area contributed by atoms with Crippen LogP contribution in [-0.4, -0.2) is 40.5 Å². The van der Waals surface area contributed by atoms with Crippen molar-refractivity contribution in [2.75, 3.05) is 32.6 Å². The lowest BCUT2D eigenvalue weighted by atomic mass is 10.1. The normalized spacial score (nSPS) is 11.9. The van der Waals surface area contributed by atoms with E-state index in [0.29, 0.717) is 34.8 Å². The van der Waals surface area contributed by atoms with Crippen LogP contribution in [-0.2, 0) is 10.0 Å². The first kappa shape index (κ1) is 15.9. The molecule has 0 aliphatic heterocycles. The number of likely N-dealkylation sites (N-methyl/N-ethyl adjacent to an activating group) is 1. The summed E-state index contributed by atoms with van der Waals surface area (Å²) in [6.45, 7) is 4.55. The van der Waals surface area contributed by atoms with Gasteiger partial charge in [0.25, 0.3) is 0 Å². The van der Waals surface area contributed by atoms with Crippen molar-refractivity contribution in [1.29, 1.82) is 0 Å². The standard InChI is InChI=1S/C12H22N4O2S/c1-9-7-11(15-13)8-10(2)12(9)19(17,18)14-5-6-16(3)4/h7-8,14-15H,5-6,13H2,1-4H3. The zero-order chi connectivity index (χ0) is 14.6. The van der Waals surface area contributed by atoms with Gasteiger partial charge in [0.1, 0.15) is 0 Å². The predicted octanol–water partition coefficient (Wildman–Crippen LogP) is 0.429. The highest BCUT2D eigenvalue weighted by molar-refractivity contribution is 7.89. The average Bonchev–Trinajstić information content (AvgIpc) is 2.26. The van der Waals surface area contributed by atoms with Crippen LogP contribution in [0, 0.1) is 13.8 Å². The highest BCUT2D eigenvalue weighted by Gasteiger charge is 2.19. The van der Waals surface area contributed by atoms with E-state index in [1.165, 1.54) is 0 Å². The number of nitrogen functional groups attached to an aromatic ring is 1. The van der Waals surface area contributed by atoms with Gasteiger partial charge >= 0.3 is 0 Å². The number of aryl methyl sites for hydroxylation is 2. The zero-order valence-corrected chi connectivity index (χ0v) is 12.6. The molecule has 0 saturated heterocycles. The molecule has 0 radical (unpaired) electrons. The Bertz CT molecular complexity index is 518. The summed E-state index contributed by atoms with van der Waals surface area (Å²) in [4.78, 5) is 2.24. The number of hydrazine groups is 1. The number of anilines is 1. The Balaban J connectivity index is 3.01. The molecule has 0 bridgehead atoms. The Morgan fingerprint density at radius 1 is 1.21 bits per heavy atom. The summed E-state index contributed by atoms with van der Waals surface area (Å²) in [7, 11) is 0.303. The van der Waals surface area contributed by atoms with Gasteiger partial charge in [-0.25, -0.2) is 13.1 Å². The minimum atomic E-state index is -3.49. The molecule has 0 unspecified atom stereocenters. The number of nitrogens with zero attached hydrogens (tertiary/aromatic N) is 1. The molecule has 0 atom stereocenters. The Hall–Kier alpha value is -1.15. The molecule has 0 fully saturated rings. The second kappa shape index (κ2) is 6.33. The number of rotatable bonds is 6. The van der Waals surface area contributed by atoms with E-state index in [2.05, 4.69) is 10.1 Å². The molecule has 0 aliphatic rings. The molecule has 1 rings (SSSR count). The van der Waals surface area contributed by atoms with Gasteiger partial charge in [-0.1, -0.05) is 0 Å². The summed E-state index contributed by atoms with van der Waals surface area (Å²) >= 11 is 0. The molecule has 6 nitrogen and oxygen atoms in total. The fraction of sp³-hybridized carbons (Fsp3) is 0.500. The Morgan fingerprint density at radius 3 is 2.16 bits per heavy atom. The fourth-order valence-electron chi connectivity index (χ4n) is 1.93. The maximum Gasteiger partial charge on any atom is 0.241 e. The predicted molar refractivity (Wildman–Crippen MR) is 77.5 cm³/mol. The topological polar surface area (TPSA) is 87.5 Å². The summed E-state index contributed by atoms with van der Waals surface area (Å²) in [6, 6.07) is 3.43. The van der Waals surface area contributed by atoms with Gasteiger partial charge in [0, 0.05) is 18.8 Å². The van der Waals surface area contributed by atoms with Crippen LogP contribution in [0.4, 0.5) is 5.69 Å². The van der Waals surface area contributed by atoms with Gasteiger partial charge in [0.05, 0.1) is 4.90 Å². The van der Waals surface area contributed by atoms with E-state index in [4.69, 9.17) is 5.84 Å². The summed E-state index contributed by atoms with van der Waals surface area (Å²) < 4.78 is 27.2. The van der Waals surface area contributed by atoms with Crippen molar-refractivity contribution in [3.05, 3.63) is 23.3 Å². The van der Waals surface area contributed by atoms with Gasteiger partial charge in [-0.2, -0.15) is 0 Å². The van der Waals surface area contributed by atoms with Crippen LogP contribution in [0.25, 0.3) is 0 Å². The largest absolute Gasteiger partial charge is 0.324 e. The Kier molecular flexibility index (Phi) is 5.30. The summed E-state index contributed by atoms with van der Waals surface area (Å²) in [5.41, 5.74) is 4.56. The lowest BCUT2D eigenvalue weighted by molar-refractivity contribution is 0.412. The number of sulfonamides is 1. The number of hydrogen-bond donors (Lipinski definition) is 3. The third-order valence-corrected chi connectivity index (χ3v) is 4.51. The minimum absolute atomic E-state index is 0.324. The first-order valence-corrected chi connectivity index (χ1v) is 7.48. The molecule has 1 aromatic carbocycles. The molecule has 0 saturated carbocycles. The van der Waals surface area contributed by atoms with Crippen LogP contribution in [0.1, 0.15) is 11.1 Å². The molecule has 1 aromatic rings. The van der Waals surface area contributed by atoms with E-state index in [0.717, 1.165) is 0 Å². The molecule has 108 valence electrons. The molecule has 19 heavy (non-hydrogen) atoms. The van der Waals surface area contributed by atoms with Crippen molar-refractivity contribution in [3.63, 3.8) is 0 Å². The Morgan fingerprint density at radius 2 is 1.74 bits per heavy atom. The van der Waals surface area contributed by atoms with Crippen molar-refractivity contribution >= 4 is 15.7 Å². The van der Waals surface area contributed by atoms with E-state index in [-0.39, 0.29) is 0 Å². The van der Waals surface area contributed by atoms with E-state index >= 15 is 0 Å². The van der Waals surface area contributed by atoms with Gasteiger partial charge in [0.15, 0.2) is 0 Å². The molecule has 0 heterocycles. The highest BCUT2D eigenvalue weighted by atomic mass is 32.2. The second-order valence-electron chi connectivity index (χ2n) is 4.78. The number of nitrogens with one attached hydrogen (secondary N) is 2. The molecule has 0 amide bonds. The number of nitrogens with two attached hydrogens (primary N) is 1. The monoisotopic (exact) mass is 286 g/mol. The van der Waals surface area contributed by atoms with Gasteiger partial charge in [0.2, 0.25) is 10.0 Å². The van der Waals surface area contributed by atoms with Crippen molar-refractivity contribution in [2.45, 2.75) is 18.7 Å². The van der Waals surface area contributed by atoms with Gasteiger partial charge in [-0.15, -0.1) is 0 Å². The van der Waals surface area contributed by atoms with Crippen LogP contribution in [0.3, 0.4) is 0 Å². The quantitative estimate of drug-likeness (QED) is 0.521. The third-order valence-electron chi connectivity index (χ3n) is 2.75. The van der Waals surface area contributed by atoms with E-state index in [9.17, 15) is 8.42 Å². The van der Waals surface area contributed by atoms with E-state index < -0.39 is 10.0 Å². The molecule has 0 spiro atoms. The number of hydrogen-bond acceptors (Lipinski definition) is 5. The van der Waals surface area contributed by atoms with Crippen molar-refractivity contribution < 1.29 is 8.42 Å². The lowest BCUT2D eigenvalue weighted by Crippen LogP contribution is -2.32. The average molecular weight is 286 g/mol. The fourth-order valence-corrected chi connectivity index (χ4v) is 3.40. The molecule has 0 aliphatic carbocycles. The van der Waals surface area contributed by atoms with Crippen LogP contribution in [0.2, 0.25) is 0 Å². The lowest BCUT2D eigenvalue weighted by Gasteiger charge is -2.15. The number of benzene rings is 1. The van der Waals surface area contributed by atoms with Crippen LogP contribution >= 0.6 is 0 Å². The first-order chi connectivity index (χ1) is 8.77. The van der Waals surface area contributed by atoms with Gasteiger partial charge < -0.3 is 10.3 Å². The Labute approximate surface area is 115 Å². The van der Waals surface area contributed by atoms with Crippen LogP contribution in [0.15, 0.2) is 17.0 Å². The summed E-state index contributed by atoms with van der Waals surface area (Å²) in [5.74, 6) is 5.34. The van der Waals surface area contributed by atoms with E-state index in [1.807, 2.05) is 19.0 Å². The van der Waals surface area contributed by atoms with Gasteiger partial charge in [-0.3, -0.25) is 5.84 Å². The van der Waals surface area contributed by atoms with Crippen molar-refractivity contribution in [2.24, 2.45) is 5.84 Å². The maximum absolute atomic E-state index is 12.3.